The smallest absolute Gasteiger partial charge is 0.260 e. The largest absolute Gasteiger partial charge is 0.338 e. The van der Waals surface area contributed by atoms with Crippen LogP contribution < -0.4 is 9.80 Å². The van der Waals surface area contributed by atoms with Gasteiger partial charge in [-0.1, -0.05) is 41.1 Å². The summed E-state index contributed by atoms with van der Waals surface area (Å²) >= 11 is 7.58. The number of carbonyl (C=O) groups is 1. The molecule has 1 amide bonds. The van der Waals surface area contributed by atoms with Crippen molar-refractivity contribution < 1.29 is 9.69 Å². The summed E-state index contributed by atoms with van der Waals surface area (Å²) in [5.41, 5.74) is 1.49. The molecule has 124 valence electrons. The van der Waals surface area contributed by atoms with Crippen LogP contribution in [0.5, 0.6) is 0 Å². The van der Waals surface area contributed by atoms with Gasteiger partial charge in [-0.2, -0.15) is 0 Å². The lowest BCUT2D eigenvalue weighted by Gasteiger charge is -2.20. The monoisotopic (exact) mass is 360 g/mol. The summed E-state index contributed by atoms with van der Waals surface area (Å²) in [6.07, 6.45) is 0. The van der Waals surface area contributed by atoms with Crippen LogP contribution in [0.25, 0.3) is 10.2 Å². The lowest BCUT2D eigenvalue weighted by atomic mass is 10.2. The molecule has 1 heterocycles. The topological polar surface area (TPSA) is 37.6 Å². The lowest BCUT2D eigenvalue weighted by Crippen LogP contribution is -3.06. The third-order valence-corrected chi connectivity index (χ3v) is 4.96. The quantitative estimate of drug-likeness (QED) is 0.759. The van der Waals surface area contributed by atoms with Crippen molar-refractivity contribution in [3.05, 3.63) is 59.1 Å². The van der Waals surface area contributed by atoms with Gasteiger partial charge in [0.15, 0.2) is 5.13 Å². The summed E-state index contributed by atoms with van der Waals surface area (Å²) in [5.74, 6) is -0.0715. The molecule has 3 aromatic rings. The Morgan fingerprint density at radius 3 is 2.71 bits per heavy atom. The number of nitrogens with zero attached hydrogens (tertiary/aromatic N) is 2. The van der Waals surface area contributed by atoms with Crippen molar-refractivity contribution in [3.63, 3.8) is 0 Å². The van der Waals surface area contributed by atoms with Gasteiger partial charge in [0.1, 0.15) is 0 Å². The minimum Gasteiger partial charge on any atom is -0.338 e. The molecular formula is C18H19ClN3OS+. The molecular weight excluding hydrogens is 342 g/mol. The van der Waals surface area contributed by atoms with Crippen LogP contribution in [0.2, 0.25) is 5.02 Å². The minimum atomic E-state index is -0.0715. The molecule has 0 atom stereocenters. The molecule has 24 heavy (non-hydrogen) atoms. The second-order valence-corrected chi connectivity index (χ2v) is 7.33. The van der Waals surface area contributed by atoms with Crippen molar-refractivity contribution in [2.75, 3.05) is 32.1 Å². The van der Waals surface area contributed by atoms with Gasteiger partial charge in [-0.15, -0.1) is 0 Å². The standard InChI is InChI=1S/C18H18ClN3OS/c1-21(2)10-11-22(17(23)13-6-5-7-14(19)12-13)18-20-15-8-3-4-9-16(15)24-18/h3-9,12H,10-11H2,1-2H3/p+1. The van der Waals surface area contributed by atoms with Gasteiger partial charge in [0.05, 0.1) is 37.4 Å². The maximum absolute atomic E-state index is 13.0. The van der Waals surface area contributed by atoms with Crippen LogP contribution in [-0.4, -0.2) is 38.1 Å². The summed E-state index contributed by atoms with van der Waals surface area (Å²) < 4.78 is 1.08. The first kappa shape index (κ1) is 16.9. The van der Waals surface area contributed by atoms with Gasteiger partial charge in [-0.25, -0.2) is 4.98 Å². The Kier molecular flexibility index (Phi) is 5.14. The molecule has 0 aliphatic carbocycles. The van der Waals surface area contributed by atoms with Crippen LogP contribution in [0.15, 0.2) is 48.5 Å². The molecule has 6 heteroatoms. The van der Waals surface area contributed by atoms with Gasteiger partial charge < -0.3 is 4.90 Å². The van der Waals surface area contributed by atoms with Crippen LogP contribution in [0, 0.1) is 0 Å². The van der Waals surface area contributed by atoms with E-state index >= 15 is 0 Å². The SMILES string of the molecule is C[NH+](C)CCN(C(=O)c1cccc(Cl)c1)c1nc2ccccc2s1. The summed E-state index contributed by atoms with van der Waals surface area (Å²) in [4.78, 5) is 20.7. The highest BCUT2D eigenvalue weighted by atomic mass is 35.5. The van der Waals surface area contributed by atoms with Crippen LogP contribution in [0.3, 0.4) is 0 Å². The number of rotatable bonds is 5. The molecule has 4 nitrogen and oxygen atoms in total. The third kappa shape index (κ3) is 3.75. The highest BCUT2D eigenvalue weighted by Gasteiger charge is 2.22. The molecule has 0 saturated heterocycles. The van der Waals surface area contributed by atoms with Crippen LogP contribution in [0.4, 0.5) is 5.13 Å². The third-order valence-electron chi connectivity index (χ3n) is 3.67. The zero-order chi connectivity index (χ0) is 17.1. The highest BCUT2D eigenvalue weighted by Crippen LogP contribution is 2.29. The molecule has 0 radical (unpaired) electrons. The van der Waals surface area contributed by atoms with Crippen LogP contribution >= 0.6 is 22.9 Å². The fourth-order valence-corrected chi connectivity index (χ4v) is 3.55. The number of likely N-dealkylation sites (N-methyl/N-ethyl adjacent to an activating group) is 1. The Bertz CT molecular complexity index is 829. The fraction of sp³-hybridized carbons (Fsp3) is 0.222. The molecule has 1 N–H and O–H groups in total. The number of aromatic nitrogens is 1. The Labute approximate surface area is 150 Å². The van der Waals surface area contributed by atoms with E-state index in [1.165, 1.54) is 16.2 Å². The molecule has 0 aliphatic rings. The van der Waals surface area contributed by atoms with Crippen LogP contribution in [0.1, 0.15) is 10.4 Å². The maximum atomic E-state index is 13.0. The van der Waals surface area contributed by atoms with E-state index in [2.05, 4.69) is 19.1 Å². The van der Waals surface area contributed by atoms with Gasteiger partial charge in [0.2, 0.25) is 0 Å². The van der Waals surface area contributed by atoms with Crippen molar-refractivity contribution in [1.29, 1.82) is 0 Å². The summed E-state index contributed by atoms with van der Waals surface area (Å²) in [6.45, 7) is 1.44. The highest BCUT2D eigenvalue weighted by molar-refractivity contribution is 7.22. The average Bonchev–Trinajstić information content (AvgIpc) is 2.98. The van der Waals surface area contributed by atoms with Crippen LogP contribution in [-0.2, 0) is 0 Å². The molecule has 0 aliphatic heterocycles. The zero-order valence-corrected chi connectivity index (χ0v) is 15.2. The van der Waals surface area contributed by atoms with Crippen molar-refractivity contribution in [3.8, 4) is 0 Å². The Morgan fingerprint density at radius 2 is 2.00 bits per heavy atom. The first-order valence-electron chi connectivity index (χ1n) is 7.76. The number of para-hydroxylation sites is 1. The van der Waals surface area contributed by atoms with E-state index < -0.39 is 0 Å². The van der Waals surface area contributed by atoms with Crippen molar-refractivity contribution in [2.24, 2.45) is 0 Å². The molecule has 0 bridgehead atoms. The van der Waals surface area contributed by atoms with Crippen molar-refractivity contribution in [2.45, 2.75) is 0 Å². The van der Waals surface area contributed by atoms with Gasteiger partial charge in [-0.05, 0) is 30.3 Å². The molecule has 1 aromatic heterocycles. The van der Waals surface area contributed by atoms with E-state index in [9.17, 15) is 4.79 Å². The number of carbonyl (C=O) groups excluding carboxylic acids is 1. The lowest BCUT2D eigenvalue weighted by molar-refractivity contribution is -0.856. The molecule has 3 rings (SSSR count). The normalized spacial score (nSPS) is 11.2. The Balaban J connectivity index is 1.97. The van der Waals surface area contributed by atoms with E-state index in [1.54, 1.807) is 29.2 Å². The summed E-state index contributed by atoms with van der Waals surface area (Å²) in [5, 5.41) is 1.28. The van der Waals surface area contributed by atoms with Gasteiger partial charge in [0.25, 0.3) is 5.91 Å². The first-order chi connectivity index (χ1) is 11.5. The summed E-state index contributed by atoms with van der Waals surface area (Å²) in [7, 11) is 4.14. The molecule has 0 unspecified atom stereocenters. The fourth-order valence-electron chi connectivity index (χ4n) is 2.37. The summed E-state index contributed by atoms with van der Waals surface area (Å²) in [6, 6.07) is 15.0. The zero-order valence-electron chi connectivity index (χ0n) is 13.6. The van der Waals surface area contributed by atoms with E-state index in [0.29, 0.717) is 17.1 Å². The first-order valence-corrected chi connectivity index (χ1v) is 8.96. The van der Waals surface area contributed by atoms with E-state index in [0.717, 1.165) is 21.9 Å². The number of benzene rings is 2. The van der Waals surface area contributed by atoms with Gasteiger partial charge in [-0.3, -0.25) is 9.69 Å². The number of amides is 1. The number of quaternary nitrogens is 1. The number of hydrogen-bond donors (Lipinski definition) is 1. The maximum Gasteiger partial charge on any atom is 0.260 e. The number of fused-ring (bicyclic) bond motifs is 1. The molecule has 0 fully saturated rings. The van der Waals surface area contributed by atoms with Gasteiger partial charge >= 0.3 is 0 Å². The van der Waals surface area contributed by atoms with Gasteiger partial charge in [0, 0.05) is 10.6 Å². The predicted molar refractivity (Wildman–Crippen MR) is 100 cm³/mol. The Hall–Kier alpha value is -1.95. The second-order valence-electron chi connectivity index (χ2n) is 5.89. The second kappa shape index (κ2) is 7.30. The number of anilines is 1. The Morgan fingerprint density at radius 1 is 1.21 bits per heavy atom. The number of hydrogen-bond acceptors (Lipinski definition) is 3. The predicted octanol–water partition coefficient (Wildman–Crippen LogP) is 2.74. The number of halogens is 1. The molecule has 0 spiro atoms. The van der Waals surface area contributed by atoms with E-state index in [4.69, 9.17) is 11.6 Å². The molecule has 2 aromatic carbocycles. The van der Waals surface area contributed by atoms with E-state index in [-0.39, 0.29) is 5.91 Å². The average molecular weight is 361 g/mol. The van der Waals surface area contributed by atoms with Crippen molar-refractivity contribution >= 4 is 44.2 Å². The molecule has 0 saturated carbocycles. The number of nitrogens with one attached hydrogen (secondary N) is 1. The van der Waals surface area contributed by atoms with E-state index in [1.807, 2.05) is 24.3 Å². The number of thiazole rings is 1. The van der Waals surface area contributed by atoms with Crippen molar-refractivity contribution in [1.82, 2.24) is 4.98 Å². The minimum absolute atomic E-state index is 0.0715.